The summed E-state index contributed by atoms with van der Waals surface area (Å²) in [5.74, 6) is 0.600. The van der Waals surface area contributed by atoms with Crippen LogP contribution in [-0.2, 0) is 16.4 Å². The van der Waals surface area contributed by atoms with Gasteiger partial charge in [-0.15, -0.1) is 0 Å². The van der Waals surface area contributed by atoms with Gasteiger partial charge < -0.3 is 10.5 Å². The van der Waals surface area contributed by atoms with Crippen molar-refractivity contribution in [3.8, 4) is 5.75 Å². The number of ether oxygens (including phenoxy) is 1. The molecule has 20 heavy (non-hydrogen) atoms. The van der Waals surface area contributed by atoms with Gasteiger partial charge in [-0.2, -0.15) is 0 Å². The van der Waals surface area contributed by atoms with Gasteiger partial charge in [0.2, 0.25) is 0 Å². The molecule has 0 aliphatic heterocycles. The van der Waals surface area contributed by atoms with Crippen molar-refractivity contribution in [2.45, 2.75) is 43.6 Å². The average molecular weight is 318 g/mol. The molecule has 0 saturated heterocycles. The fourth-order valence-corrected chi connectivity index (χ4v) is 3.95. The molecule has 0 heterocycles. The van der Waals surface area contributed by atoms with Crippen LogP contribution in [0.2, 0.25) is 5.02 Å². The van der Waals surface area contributed by atoms with E-state index in [2.05, 4.69) is 0 Å². The second-order valence-electron chi connectivity index (χ2n) is 5.33. The Morgan fingerprint density at radius 1 is 1.40 bits per heavy atom. The largest absolute Gasteiger partial charge is 0.489 e. The van der Waals surface area contributed by atoms with E-state index >= 15 is 0 Å². The molecular weight excluding hydrogens is 298 g/mol. The normalized spacial score (nSPS) is 23.6. The summed E-state index contributed by atoms with van der Waals surface area (Å²) >= 11 is 6.15. The van der Waals surface area contributed by atoms with E-state index in [1.165, 1.54) is 6.26 Å². The van der Waals surface area contributed by atoms with E-state index in [4.69, 9.17) is 22.1 Å². The zero-order chi connectivity index (χ0) is 14.8. The Morgan fingerprint density at radius 3 is 2.75 bits per heavy atom. The molecule has 1 saturated carbocycles. The van der Waals surface area contributed by atoms with Gasteiger partial charge in [0.1, 0.15) is 21.7 Å². The maximum atomic E-state index is 11.6. The molecule has 1 aliphatic rings. The minimum absolute atomic E-state index is 0.0929. The lowest BCUT2D eigenvalue weighted by molar-refractivity contribution is 0.156. The lowest BCUT2D eigenvalue weighted by atomic mass is 9.97. The van der Waals surface area contributed by atoms with Gasteiger partial charge in [0.15, 0.2) is 0 Å². The Kier molecular flexibility index (Phi) is 4.94. The Labute approximate surface area is 125 Å². The number of benzene rings is 1. The molecule has 0 radical (unpaired) electrons. The SMILES string of the molecule is CS(=O)(=O)C1CCCC(Oc2ccc(CN)cc2Cl)C1. The predicted molar refractivity (Wildman–Crippen MR) is 80.9 cm³/mol. The molecule has 1 aromatic rings. The fourth-order valence-electron chi connectivity index (χ4n) is 2.54. The highest BCUT2D eigenvalue weighted by Gasteiger charge is 2.30. The Balaban J connectivity index is 2.06. The third-order valence-corrected chi connectivity index (χ3v) is 5.64. The molecule has 2 atom stereocenters. The van der Waals surface area contributed by atoms with Crippen molar-refractivity contribution in [2.75, 3.05) is 6.26 Å². The summed E-state index contributed by atoms with van der Waals surface area (Å²) in [5.41, 5.74) is 6.50. The first-order chi connectivity index (χ1) is 9.40. The molecule has 6 heteroatoms. The first kappa shape index (κ1) is 15.6. The van der Waals surface area contributed by atoms with E-state index in [0.29, 0.717) is 23.7 Å². The Morgan fingerprint density at radius 2 is 2.15 bits per heavy atom. The molecule has 0 bridgehead atoms. The zero-order valence-corrected chi connectivity index (χ0v) is 13.1. The summed E-state index contributed by atoms with van der Waals surface area (Å²) in [6.07, 6.45) is 4.18. The molecule has 1 aliphatic carbocycles. The molecule has 2 N–H and O–H groups in total. The topological polar surface area (TPSA) is 69.4 Å². The molecule has 0 amide bonds. The quantitative estimate of drug-likeness (QED) is 0.926. The van der Waals surface area contributed by atoms with Crippen LogP contribution in [0.15, 0.2) is 18.2 Å². The minimum atomic E-state index is -3.00. The number of hydrogen-bond acceptors (Lipinski definition) is 4. The van der Waals surface area contributed by atoms with Gasteiger partial charge in [-0.3, -0.25) is 0 Å². The number of nitrogens with two attached hydrogens (primary N) is 1. The van der Waals surface area contributed by atoms with E-state index in [1.807, 2.05) is 6.07 Å². The summed E-state index contributed by atoms with van der Waals surface area (Å²) in [5, 5.41) is 0.220. The summed E-state index contributed by atoms with van der Waals surface area (Å²) in [7, 11) is -3.00. The number of halogens is 1. The zero-order valence-electron chi connectivity index (χ0n) is 11.5. The predicted octanol–water partition coefficient (Wildman–Crippen LogP) is 2.53. The molecule has 2 rings (SSSR count). The standard InChI is InChI=1S/C14H20ClNO3S/c1-20(17,18)12-4-2-3-11(8-12)19-14-6-5-10(9-16)7-13(14)15/h5-7,11-12H,2-4,8-9,16H2,1H3. The van der Waals surface area contributed by atoms with Gasteiger partial charge >= 0.3 is 0 Å². The van der Waals surface area contributed by atoms with Crippen LogP contribution in [0.5, 0.6) is 5.75 Å². The highest BCUT2D eigenvalue weighted by molar-refractivity contribution is 7.91. The van der Waals surface area contributed by atoms with E-state index in [1.54, 1.807) is 12.1 Å². The lowest BCUT2D eigenvalue weighted by Crippen LogP contribution is -2.33. The average Bonchev–Trinajstić information content (AvgIpc) is 2.40. The first-order valence-corrected chi connectivity index (χ1v) is 9.07. The van der Waals surface area contributed by atoms with Gasteiger partial charge in [-0.05, 0) is 37.0 Å². The summed E-state index contributed by atoms with van der Waals surface area (Å²) in [4.78, 5) is 0. The van der Waals surface area contributed by atoms with Crippen molar-refractivity contribution >= 4 is 21.4 Å². The van der Waals surface area contributed by atoms with Crippen molar-refractivity contribution in [1.29, 1.82) is 0 Å². The van der Waals surface area contributed by atoms with Crippen LogP contribution in [0, 0.1) is 0 Å². The van der Waals surface area contributed by atoms with Gasteiger partial charge in [-0.25, -0.2) is 8.42 Å². The first-order valence-electron chi connectivity index (χ1n) is 6.74. The molecule has 1 fully saturated rings. The maximum absolute atomic E-state index is 11.6. The van der Waals surface area contributed by atoms with Crippen molar-refractivity contribution in [3.63, 3.8) is 0 Å². The van der Waals surface area contributed by atoms with Crippen LogP contribution in [-0.4, -0.2) is 26.0 Å². The molecule has 0 spiro atoms. The summed E-state index contributed by atoms with van der Waals surface area (Å²) in [6.45, 7) is 0.430. The molecule has 2 unspecified atom stereocenters. The Bertz CT molecular complexity index is 574. The smallest absolute Gasteiger partial charge is 0.150 e. The lowest BCUT2D eigenvalue weighted by Gasteiger charge is -2.28. The van der Waals surface area contributed by atoms with Crippen LogP contribution < -0.4 is 10.5 Å². The molecular formula is C14H20ClNO3S. The molecule has 4 nitrogen and oxygen atoms in total. The van der Waals surface area contributed by atoms with Gasteiger partial charge in [0, 0.05) is 19.2 Å². The highest BCUT2D eigenvalue weighted by Crippen LogP contribution is 2.31. The third-order valence-electron chi connectivity index (χ3n) is 3.71. The van der Waals surface area contributed by atoms with Crippen molar-refractivity contribution in [2.24, 2.45) is 5.73 Å². The van der Waals surface area contributed by atoms with Crippen LogP contribution in [0.3, 0.4) is 0 Å². The van der Waals surface area contributed by atoms with Crippen LogP contribution in [0.25, 0.3) is 0 Å². The minimum Gasteiger partial charge on any atom is -0.489 e. The van der Waals surface area contributed by atoms with E-state index in [-0.39, 0.29) is 11.4 Å². The fraction of sp³-hybridized carbons (Fsp3) is 0.571. The Hall–Kier alpha value is -0.780. The highest BCUT2D eigenvalue weighted by atomic mass is 35.5. The maximum Gasteiger partial charge on any atom is 0.150 e. The number of rotatable bonds is 4. The van der Waals surface area contributed by atoms with E-state index in [9.17, 15) is 8.42 Å². The monoisotopic (exact) mass is 317 g/mol. The molecule has 0 aromatic heterocycles. The van der Waals surface area contributed by atoms with Crippen LogP contribution >= 0.6 is 11.6 Å². The summed E-state index contributed by atoms with van der Waals surface area (Å²) < 4.78 is 29.2. The molecule has 112 valence electrons. The molecule has 1 aromatic carbocycles. The second kappa shape index (κ2) is 6.33. The van der Waals surface area contributed by atoms with Gasteiger partial charge in [0.25, 0.3) is 0 Å². The summed E-state index contributed by atoms with van der Waals surface area (Å²) in [6, 6.07) is 5.46. The van der Waals surface area contributed by atoms with Crippen molar-refractivity contribution < 1.29 is 13.2 Å². The van der Waals surface area contributed by atoms with E-state index < -0.39 is 9.84 Å². The number of sulfone groups is 1. The van der Waals surface area contributed by atoms with Gasteiger partial charge in [-0.1, -0.05) is 17.7 Å². The number of hydrogen-bond donors (Lipinski definition) is 1. The third kappa shape index (κ3) is 3.87. The van der Waals surface area contributed by atoms with Crippen LogP contribution in [0.1, 0.15) is 31.2 Å². The van der Waals surface area contributed by atoms with Crippen LogP contribution in [0.4, 0.5) is 0 Å². The van der Waals surface area contributed by atoms with Gasteiger partial charge in [0.05, 0.1) is 10.3 Å². The van der Waals surface area contributed by atoms with Crippen molar-refractivity contribution in [3.05, 3.63) is 28.8 Å². The second-order valence-corrected chi connectivity index (χ2v) is 8.06. The van der Waals surface area contributed by atoms with Crippen molar-refractivity contribution in [1.82, 2.24) is 0 Å². The van der Waals surface area contributed by atoms with E-state index in [0.717, 1.165) is 24.8 Å².